The number of fused-ring (bicyclic) bond motifs is 1. The molecule has 27 heavy (non-hydrogen) atoms. The minimum atomic E-state index is -0.661. The highest BCUT2D eigenvalue weighted by Crippen LogP contribution is 2.49. The second-order valence-corrected chi connectivity index (χ2v) is 10.1. The Morgan fingerprint density at radius 2 is 1.89 bits per heavy atom. The topological polar surface area (TPSA) is 29.5 Å². The monoisotopic (exact) mass is 399 g/mol. The number of halogens is 2. The SMILES string of the molecule is O=C(CCC1CCCC(Cl)C1)O[C@]1(C2CCC(F)CC2)CN2CCCCC21. The number of carbonyl (C=O) groups is 1. The lowest BCUT2D eigenvalue weighted by atomic mass is 9.65. The molecule has 2 aliphatic heterocycles. The number of ether oxygens (including phenoxy) is 1. The second-order valence-electron chi connectivity index (χ2n) is 9.53. The van der Waals surface area contributed by atoms with Gasteiger partial charge in [0.15, 0.2) is 0 Å². The first-order chi connectivity index (χ1) is 13.1. The molecular weight excluding hydrogens is 365 g/mol. The Balaban J connectivity index is 1.36. The van der Waals surface area contributed by atoms with Crippen LogP contribution in [0.4, 0.5) is 4.39 Å². The number of nitrogens with zero attached hydrogens (tertiary/aromatic N) is 1. The predicted octanol–water partition coefficient (Wildman–Crippen LogP) is 5.24. The van der Waals surface area contributed by atoms with Crippen molar-refractivity contribution in [3.8, 4) is 0 Å². The van der Waals surface area contributed by atoms with Crippen LogP contribution in [0.5, 0.6) is 0 Å². The van der Waals surface area contributed by atoms with Crippen LogP contribution in [0.15, 0.2) is 0 Å². The molecule has 2 heterocycles. The van der Waals surface area contributed by atoms with E-state index in [0.29, 0.717) is 37.1 Å². The molecule has 5 heteroatoms. The molecule has 0 aromatic rings. The Bertz CT molecular complexity index is 524. The maximum atomic E-state index is 13.7. The summed E-state index contributed by atoms with van der Waals surface area (Å²) in [7, 11) is 0. The molecule has 0 spiro atoms. The Kier molecular flexibility index (Phi) is 6.33. The van der Waals surface area contributed by atoms with Crippen molar-refractivity contribution in [3.05, 3.63) is 0 Å². The first-order valence-electron chi connectivity index (χ1n) is 11.3. The summed E-state index contributed by atoms with van der Waals surface area (Å²) in [6.07, 6.45) is 11.9. The minimum Gasteiger partial charge on any atom is -0.456 e. The Morgan fingerprint density at radius 1 is 1.07 bits per heavy atom. The molecule has 4 atom stereocenters. The normalized spacial score (nSPS) is 42.8. The van der Waals surface area contributed by atoms with E-state index < -0.39 is 6.17 Å². The first-order valence-corrected chi connectivity index (χ1v) is 11.7. The van der Waals surface area contributed by atoms with Gasteiger partial charge >= 0.3 is 5.97 Å². The largest absolute Gasteiger partial charge is 0.456 e. The summed E-state index contributed by atoms with van der Waals surface area (Å²) in [4.78, 5) is 15.3. The van der Waals surface area contributed by atoms with Gasteiger partial charge in [0, 0.05) is 24.3 Å². The predicted molar refractivity (Wildman–Crippen MR) is 106 cm³/mol. The third kappa shape index (κ3) is 4.32. The minimum absolute atomic E-state index is 0.0284. The first kappa shape index (κ1) is 19.9. The van der Waals surface area contributed by atoms with Crippen LogP contribution in [0.1, 0.15) is 83.5 Å². The molecule has 2 saturated heterocycles. The molecule has 0 bridgehead atoms. The van der Waals surface area contributed by atoms with Crippen LogP contribution in [0, 0.1) is 11.8 Å². The van der Waals surface area contributed by atoms with Crippen LogP contribution in [-0.2, 0) is 9.53 Å². The van der Waals surface area contributed by atoms with Gasteiger partial charge in [-0.25, -0.2) is 4.39 Å². The molecule has 2 aliphatic carbocycles. The molecule has 0 amide bonds. The van der Waals surface area contributed by atoms with Crippen LogP contribution in [-0.4, -0.2) is 47.2 Å². The van der Waals surface area contributed by atoms with Crippen molar-refractivity contribution >= 4 is 17.6 Å². The number of hydrogen-bond acceptors (Lipinski definition) is 3. The molecule has 0 aromatic heterocycles. The second kappa shape index (κ2) is 8.57. The smallest absolute Gasteiger partial charge is 0.306 e. The number of carbonyl (C=O) groups excluding carboxylic acids is 1. The maximum Gasteiger partial charge on any atom is 0.306 e. The van der Waals surface area contributed by atoms with Crippen molar-refractivity contribution < 1.29 is 13.9 Å². The summed E-state index contributed by atoms with van der Waals surface area (Å²) in [6, 6.07) is 0.373. The van der Waals surface area contributed by atoms with Gasteiger partial charge in [0.25, 0.3) is 0 Å². The maximum absolute atomic E-state index is 13.7. The van der Waals surface area contributed by atoms with Gasteiger partial charge in [-0.3, -0.25) is 9.69 Å². The molecule has 4 rings (SSSR count). The highest BCUT2D eigenvalue weighted by Gasteiger charge is 2.60. The van der Waals surface area contributed by atoms with Gasteiger partial charge in [-0.15, -0.1) is 11.6 Å². The lowest BCUT2D eigenvalue weighted by Gasteiger charge is -2.62. The van der Waals surface area contributed by atoms with Crippen LogP contribution in [0.25, 0.3) is 0 Å². The number of piperidine rings is 1. The summed E-state index contributed by atoms with van der Waals surface area (Å²) in [5.41, 5.74) is -0.334. The van der Waals surface area contributed by atoms with E-state index in [2.05, 4.69) is 4.90 Å². The molecule has 3 unspecified atom stereocenters. The van der Waals surface area contributed by atoms with E-state index in [9.17, 15) is 9.18 Å². The van der Waals surface area contributed by atoms with Gasteiger partial charge < -0.3 is 4.74 Å². The van der Waals surface area contributed by atoms with Gasteiger partial charge in [-0.1, -0.05) is 19.3 Å². The molecule has 4 fully saturated rings. The Labute approximate surface area is 168 Å². The summed E-state index contributed by atoms with van der Waals surface area (Å²) >= 11 is 6.30. The number of esters is 1. The van der Waals surface area contributed by atoms with Crippen LogP contribution in [0.3, 0.4) is 0 Å². The van der Waals surface area contributed by atoms with E-state index in [-0.39, 0.29) is 16.9 Å². The molecule has 2 saturated carbocycles. The van der Waals surface area contributed by atoms with Gasteiger partial charge in [0.1, 0.15) is 11.8 Å². The van der Waals surface area contributed by atoms with Crippen molar-refractivity contribution in [2.45, 2.75) is 107 Å². The molecule has 0 N–H and O–H groups in total. The van der Waals surface area contributed by atoms with Crippen molar-refractivity contribution in [3.63, 3.8) is 0 Å². The molecule has 3 nitrogen and oxygen atoms in total. The number of rotatable bonds is 5. The lowest BCUT2D eigenvalue weighted by Crippen LogP contribution is -2.75. The van der Waals surface area contributed by atoms with E-state index in [1.807, 2.05) is 0 Å². The fourth-order valence-corrected chi connectivity index (χ4v) is 6.65. The standard InChI is InChI=1S/C22H35ClFNO2/c23-18-5-3-4-16(14-18)7-12-21(26)27-22(17-8-10-19(24)11-9-17)15-25-13-2-1-6-20(22)25/h16-20H,1-15H2/t16?,17?,18?,19?,20?,22-/m0/s1. The van der Waals surface area contributed by atoms with Crippen molar-refractivity contribution in [1.82, 2.24) is 4.90 Å². The molecule has 154 valence electrons. The summed E-state index contributed by atoms with van der Waals surface area (Å²) in [5, 5.41) is 0.282. The van der Waals surface area contributed by atoms with Crippen LogP contribution in [0.2, 0.25) is 0 Å². The van der Waals surface area contributed by atoms with Gasteiger partial charge in [-0.2, -0.15) is 0 Å². The van der Waals surface area contributed by atoms with Crippen molar-refractivity contribution in [1.29, 1.82) is 0 Å². The van der Waals surface area contributed by atoms with Crippen LogP contribution < -0.4 is 0 Å². The average molecular weight is 400 g/mol. The number of hydrogen-bond donors (Lipinski definition) is 0. The van der Waals surface area contributed by atoms with E-state index in [1.165, 1.54) is 25.7 Å². The summed E-state index contributed by atoms with van der Waals surface area (Å²) in [5.74, 6) is 0.883. The Hall–Kier alpha value is -0.350. The Morgan fingerprint density at radius 3 is 2.63 bits per heavy atom. The quantitative estimate of drug-likeness (QED) is 0.467. The summed E-state index contributed by atoms with van der Waals surface area (Å²) in [6.45, 7) is 2.00. The third-order valence-corrected chi connectivity index (χ3v) is 8.15. The van der Waals surface area contributed by atoms with Gasteiger partial charge in [0.2, 0.25) is 0 Å². The van der Waals surface area contributed by atoms with Crippen LogP contribution >= 0.6 is 11.6 Å². The average Bonchev–Trinajstić information content (AvgIpc) is 2.65. The van der Waals surface area contributed by atoms with E-state index in [4.69, 9.17) is 16.3 Å². The van der Waals surface area contributed by atoms with Crippen molar-refractivity contribution in [2.24, 2.45) is 11.8 Å². The zero-order valence-electron chi connectivity index (χ0n) is 16.5. The fourth-order valence-electron chi connectivity index (χ4n) is 6.24. The summed E-state index contributed by atoms with van der Waals surface area (Å²) < 4.78 is 20.0. The molecule has 0 aromatic carbocycles. The molecular formula is C22H35ClFNO2. The van der Waals surface area contributed by atoms with E-state index >= 15 is 0 Å². The zero-order valence-corrected chi connectivity index (χ0v) is 17.3. The number of alkyl halides is 2. The third-order valence-electron chi connectivity index (χ3n) is 7.76. The van der Waals surface area contributed by atoms with E-state index in [0.717, 1.165) is 51.6 Å². The lowest BCUT2D eigenvalue weighted by molar-refractivity contribution is -0.230. The van der Waals surface area contributed by atoms with Gasteiger partial charge in [-0.05, 0) is 70.3 Å². The highest BCUT2D eigenvalue weighted by atomic mass is 35.5. The fraction of sp³-hybridized carbons (Fsp3) is 0.955. The van der Waals surface area contributed by atoms with Crippen molar-refractivity contribution in [2.75, 3.05) is 13.1 Å². The van der Waals surface area contributed by atoms with Gasteiger partial charge in [0.05, 0.1) is 6.04 Å². The highest BCUT2D eigenvalue weighted by molar-refractivity contribution is 6.20. The molecule has 0 radical (unpaired) electrons. The zero-order chi connectivity index (χ0) is 18.9. The van der Waals surface area contributed by atoms with E-state index in [1.54, 1.807) is 0 Å². The molecule has 4 aliphatic rings.